The first kappa shape index (κ1) is 25.3. The molecule has 2 heterocycles. The summed E-state index contributed by atoms with van der Waals surface area (Å²) in [4.78, 5) is 24.9. The molecule has 3 rings (SSSR count). The van der Waals surface area contributed by atoms with Crippen molar-refractivity contribution in [3.63, 3.8) is 0 Å². The van der Waals surface area contributed by atoms with Gasteiger partial charge < -0.3 is 23.9 Å². The number of aryl methyl sites for hydroxylation is 1. The van der Waals surface area contributed by atoms with E-state index >= 15 is 0 Å². The zero-order valence-corrected chi connectivity index (χ0v) is 21.2. The molecule has 33 heavy (non-hydrogen) atoms. The van der Waals surface area contributed by atoms with Gasteiger partial charge in [-0.2, -0.15) is 0 Å². The van der Waals surface area contributed by atoms with Crippen LogP contribution >= 0.6 is 0 Å². The standard InChI is InChI=1S/C25H37BN2O5/c1-17(27-22(30)31-23(2,3)4)10-9-14-28-15-13-18-16-19(11-12-20(18)21(28)29)26-32-24(5,6)25(7,8)33-26/h11-13,15-17H,9-10,14H2,1-8H3,(H,27,30)/t17-/m0/s1. The van der Waals surface area contributed by atoms with Gasteiger partial charge in [0.15, 0.2) is 0 Å². The second-order valence-electron chi connectivity index (χ2n) is 10.9. The SMILES string of the molecule is C[C@@H](CCCn1ccc2cc(B3OC(C)(C)C(C)(C)O3)ccc2c1=O)NC(=O)OC(C)(C)C. The molecule has 0 radical (unpaired) electrons. The van der Waals surface area contributed by atoms with Crippen LogP contribution in [0.3, 0.4) is 0 Å². The van der Waals surface area contributed by atoms with Gasteiger partial charge in [-0.05, 0) is 91.2 Å². The Kier molecular flexibility index (Phi) is 7.01. The minimum atomic E-state index is -0.523. The maximum absolute atomic E-state index is 13.0. The van der Waals surface area contributed by atoms with Crippen LogP contribution in [0.2, 0.25) is 0 Å². The van der Waals surface area contributed by atoms with Gasteiger partial charge in [0, 0.05) is 24.2 Å². The van der Waals surface area contributed by atoms with Crippen LogP contribution in [-0.4, -0.2) is 40.6 Å². The van der Waals surface area contributed by atoms with Gasteiger partial charge in [-0.15, -0.1) is 0 Å². The van der Waals surface area contributed by atoms with E-state index in [4.69, 9.17) is 14.0 Å². The summed E-state index contributed by atoms with van der Waals surface area (Å²) in [6.07, 6.45) is 2.90. The highest BCUT2D eigenvalue weighted by atomic mass is 16.7. The Balaban J connectivity index is 1.63. The van der Waals surface area contributed by atoms with Crippen molar-refractivity contribution in [2.45, 2.75) is 97.6 Å². The number of hydrogen-bond acceptors (Lipinski definition) is 5. The van der Waals surface area contributed by atoms with Crippen LogP contribution < -0.4 is 16.3 Å². The Labute approximate surface area is 196 Å². The number of rotatable bonds is 6. The minimum Gasteiger partial charge on any atom is -0.444 e. The van der Waals surface area contributed by atoms with E-state index in [1.165, 1.54) is 0 Å². The van der Waals surface area contributed by atoms with Crippen molar-refractivity contribution in [2.75, 3.05) is 0 Å². The highest BCUT2D eigenvalue weighted by molar-refractivity contribution is 6.62. The average Bonchev–Trinajstić information content (AvgIpc) is 2.89. The molecule has 0 aliphatic carbocycles. The van der Waals surface area contributed by atoms with Gasteiger partial charge >= 0.3 is 13.2 Å². The zero-order valence-electron chi connectivity index (χ0n) is 21.2. The highest BCUT2D eigenvalue weighted by Crippen LogP contribution is 2.36. The zero-order chi connectivity index (χ0) is 24.6. The molecule has 1 aromatic carbocycles. The number of nitrogens with one attached hydrogen (secondary N) is 1. The third-order valence-corrected chi connectivity index (χ3v) is 6.33. The number of ether oxygens (including phenoxy) is 1. The fourth-order valence-corrected chi connectivity index (χ4v) is 3.76. The fraction of sp³-hybridized carbons (Fsp3) is 0.600. The molecule has 0 saturated carbocycles. The highest BCUT2D eigenvalue weighted by Gasteiger charge is 2.51. The molecule has 1 atom stereocenters. The second kappa shape index (κ2) is 9.14. The van der Waals surface area contributed by atoms with Gasteiger partial charge in [0.05, 0.1) is 11.2 Å². The lowest BCUT2D eigenvalue weighted by atomic mass is 9.78. The van der Waals surface area contributed by atoms with Crippen molar-refractivity contribution < 1.29 is 18.8 Å². The van der Waals surface area contributed by atoms with Gasteiger partial charge in [-0.25, -0.2) is 4.79 Å². The summed E-state index contributed by atoms with van der Waals surface area (Å²) in [6.45, 7) is 16.1. The number of pyridine rings is 1. The van der Waals surface area contributed by atoms with Crippen LogP contribution in [0, 0.1) is 0 Å². The van der Waals surface area contributed by atoms with E-state index in [2.05, 4.69) is 5.32 Å². The number of alkyl carbamates (subject to hydrolysis) is 1. The largest absolute Gasteiger partial charge is 0.494 e. The predicted molar refractivity (Wildman–Crippen MR) is 132 cm³/mol. The monoisotopic (exact) mass is 456 g/mol. The van der Waals surface area contributed by atoms with Crippen LogP contribution in [0.4, 0.5) is 4.79 Å². The molecule has 1 aromatic heterocycles. The maximum Gasteiger partial charge on any atom is 0.494 e. The first-order valence-electron chi connectivity index (χ1n) is 11.7. The molecular weight excluding hydrogens is 419 g/mol. The summed E-state index contributed by atoms with van der Waals surface area (Å²) < 4.78 is 19.3. The average molecular weight is 456 g/mol. The molecule has 2 aromatic rings. The van der Waals surface area contributed by atoms with E-state index in [1.54, 1.807) is 4.57 Å². The lowest BCUT2D eigenvalue weighted by Crippen LogP contribution is -2.41. The molecule has 1 aliphatic rings. The number of hydrogen-bond donors (Lipinski definition) is 1. The Bertz CT molecular complexity index is 1050. The maximum atomic E-state index is 13.0. The number of fused-ring (bicyclic) bond motifs is 1. The number of amides is 1. The summed E-state index contributed by atoms with van der Waals surface area (Å²) in [5.74, 6) is 0. The number of nitrogens with zero attached hydrogens (tertiary/aromatic N) is 1. The molecule has 1 amide bonds. The Morgan fingerprint density at radius 3 is 2.39 bits per heavy atom. The van der Waals surface area contributed by atoms with E-state index in [0.717, 1.165) is 23.7 Å². The predicted octanol–water partition coefficient (Wildman–Crippen LogP) is 3.99. The molecule has 0 spiro atoms. The Hall–Kier alpha value is -2.32. The van der Waals surface area contributed by atoms with Gasteiger partial charge in [0.1, 0.15) is 5.60 Å². The summed E-state index contributed by atoms with van der Waals surface area (Å²) in [5.41, 5.74) is -0.470. The molecule has 180 valence electrons. The quantitative estimate of drug-likeness (QED) is 0.665. The lowest BCUT2D eigenvalue weighted by molar-refractivity contribution is 0.00578. The molecule has 1 fully saturated rings. The minimum absolute atomic E-state index is 0.0271. The van der Waals surface area contributed by atoms with Crippen molar-refractivity contribution >= 4 is 29.4 Å². The Morgan fingerprint density at radius 2 is 1.79 bits per heavy atom. The molecule has 1 aliphatic heterocycles. The lowest BCUT2D eigenvalue weighted by Gasteiger charge is -2.32. The van der Waals surface area contributed by atoms with Crippen molar-refractivity contribution in [3.8, 4) is 0 Å². The molecule has 0 bridgehead atoms. The number of carbonyl (C=O) groups excluding carboxylic acids is 1. The third-order valence-electron chi connectivity index (χ3n) is 6.33. The molecule has 0 unspecified atom stereocenters. The van der Waals surface area contributed by atoms with E-state index in [0.29, 0.717) is 11.9 Å². The second-order valence-corrected chi connectivity index (χ2v) is 10.9. The van der Waals surface area contributed by atoms with Crippen LogP contribution in [0.1, 0.15) is 68.2 Å². The summed E-state index contributed by atoms with van der Waals surface area (Å²) in [5, 5.41) is 4.37. The normalized spacial score (nSPS) is 18.4. The molecule has 8 heteroatoms. The van der Waals surface area contributed by atoms with Gasteiger partial charge in [0.25, 0.3) is 5.56 Å². The van der Waals surface area contributed by atoms with Gasteiger partial charge in [0.2, 0.25) is 0 Å². The van der Waals surface area contributed by atoms with Crippen molar-refractivity contribution in [1.29, 1.82) is 0 Å². The van der Waals surface area contributed by atoms with Crippen molar-refractivity contribution in [2.24, 2.45) is 0 Å². The number of benzene rings is 1. The van der Waals surface area contributed by atoms with E-state index in [1.807, 2.05) is 85.9 Å². The van der Waals surface area contributed by atoms with Crippen LogP contribution in [0.15, 0.2) is 35.3 Å². The molecule has 1 saturated heterocycles. The topological polar surface area (TPSA) is 78.8 Å². The van der Waals surface area contributed by atoms with Gasteiger partial charge in [-0.3, -0.25) is 4.79 Å². The van der Waals surface area contributed by atoms with E-state index < -0.39 is 30.0 Å². The first-order chi connectivity index (χ1) is 15.2. The third kappa shape index (κ3) is 5.98. The van der Waals surface area contributed by atoms with Crippen molar-refractivity contribution in [3.05, 3.63) is 40.8 Å². The van der Waals surface area contributed by atoms with Crippen LogP contribution in [-0.2, 0) is 20.6 Å². The van der Waals surface area contributed by atoms with Crippen molar-refractivity contribution in [1.82, 2.24) is 9.88 Å². The van der Waals surface area contributed by atoms with E-state index in [9.17, 15) is 9.59 Å². The molecule has 1 N–H and O–H groups in total. The molecular formula is C25H37BN2O5. The van der Waals surface area contributed by atoms with Crippen LogP contribution in [0.25, 0.3) is 10.8 Å². The first-order valence-corrected chi connectivity index (χ1v) is 11.7. The smallest absolute Gasteiger partial charge is 0.444 e. The summed E-state index contributed by atoms with van der Waals surface area (Å²) in [7, 11) is -0.458. The summed E-state index contributed by atoms with van der Waals surface area (Å²) >= 11 is 0. The fourth-order valence-electron chi connectivity index (χ4n) is 3.76. The number of aromatic nitrogens is 1. The van der Waals surface area contributed by atoms with Gasteiger partial charge in [-0.1, -0.05) is 12.1 Å². The van der Waals surface area contributed by atoms with E-state index in [-0.39, 0.29) is 11.6 Å². The summed E-state index contributed by atoms with van der Waals surface area (Å²) in [6, 6.07) is 7.63. The number of carbonyl (C=O) groups is 1. The molecule has 7 nitrogen and oxygen atoms in total. The van der Waals surface area contributed by atoms with Crippen LogP contribution in [0.5, 0.6) is 0 Å². The Morgan fingerprint density at radius 1 is 1.15 bits per heavy atom.